The number of ether oxygens (including phenoxy) is 1. The highest BCUT2D eigenvalue weighted by atomic mass is 32.2. The van der Waals surface area contributed by atoms with Crippen LogP contribution in [0.2, 0.25) is 0 Å². The topological polar surface area (TPSA) is 95.6 Å². The number of nitriles is 1. The van der Waals surface area contributed by atoms with Crippen LogP contribution in [-0.4, -0.2) is 41.8 Å². The van der Waals surface area contributed by atoms with E-state index in [4.69, 9.17) is 9.15 Å². The Bertz CT molecular complexity index is 1280. The fraction of sp³-hybridized carbons (Fsp3) is 0.346. The molecule has 0 radical (unpaired) electrons. The van der Waals surface area contributed by atoms with Gasteiger partial charge in [0.2, 0.25) is 0 Å². The molecule has 0 fully saturated rings. The van der Waals surface area contributed by atoms with Gasteiger partial charge in [0.1, 0.15) is 17.6 Å². The lowest BCUT2D eigenvalue weighted by molar-refractivity contribution is 0.204. The number of hydrogen-bond donors (Lipinski definition) is 1. The Morgan fingerprint density at radius 3 is 2.47 bits per heavy atom. The number of furan rings is 1. The molecule has 1 N–H and O–H groups in total. The van der Waals surface area contributed by atoms with Gasteiger partial charge in [-0.25, -0.2) is 13.1 Å². The summed E-state index contributed by atoms with van der Waals surface area (Å²) in [5, 5.41) is 11.6. The quantitative estimate of drug-likeness (QED) is 0.284. The van der Waals surface area contributed by atoms with Gasteiger partial charge in [-0.2, -0.15) is 5.26 Å². The molecular weight excluding hydrogens is 450 g/mol. The van der Waals surface area contributed by atoms with Crippen LogP contribution in [0.25, 0.3) is 28.2 Å². The molecule has 34 heavy (non-hydrogen) atoms. The molecule has 180 valence electrons. The van der Waals surface area contributed by atoms with Crippen LogP contribution in [0, 0.1) is 11.3 Å². The van der Waals surface area contributed by atoms with Crippen LogP contribution in [0.4, 0.5) is 5.69 Å². The summed E-state index contributed by atoms with van der Waals surface area (Å²) in [6.45, 7) is 6.73. The third-order valence-electron chi connectivity index (χ3n) is 5.36. The predicted octanol–water partition coefficient (Wildman–Crippen LogP) is 5.16. The van der Waals surface area contributed by atoms with E-state index in [9.17, 15) is 13.7 Å². The van der Waals surface area contributed by atoms with Crippen LogP contribution in [-0.2, 0) is 14.8 Å². The molecule has 8 heteroatoms. The summed E-state index contributed by atoms with van der Waals surface area (Å²) in [4.78, 5) is 1.99. The van der Waals surface area contributed by atoms with Crippen molar-refractivity contribution in [2.45, 2.75) is 26.7 Å². The van der Waals surface area contributed by atoms with Gasteiger partial charge in [0, 0.05) is 44.1 Å². The largest absolute Gasteiger partial charge is 0.457 e. The number of hydrogen-bond acceptors (Lipinski definition) is 6. The summed E-state index contributed by atoms with van der Waals surface area (Å²) in [5.74, 6) is 0.881. The molecule has 7 nitrogen and oxygen atoms in total. The summed E-state index contributed by atoms with van der Waals surface area (Å²) in [5.41, 5.74) is 2.09. The van der Waals surface area contributed by atoms with Crippen LogP contribution in [0.3, 0.4) is 0 Å². The molecule has 0 bridgehead atoms. The van der Waals surface area contributed by atoms with E-state index < -0.39 is 14.9 Å². The van der Waals surface area contributed by atoms with E-state index in [-0.39, 0.29) is 18.9 Å². The van der Waals surface area contributed by atoms with E-state index >= 15 is 0 Å². The van der Waals surface area contributed by atoms with E-state index in [0.29, 0.717) is 5.76 Å². The first-order valence-corrected chi connectivity index (χ1v) is 12.9. The van der Waals surface area contributed by atoms with Crippen molar-refractivity contribution >= 4 is 32.6 Å². The maximum Gasteiger partial charge on any atom is 0.250 e. The Morgan fingerprint density at radius 2 is 1.79 bits per heavy atom. The number of benzene rings is 2. The predicted molar refractivity (Wildman–Crippen MR) is 137 cm³/mol. The fourth-order valence-electron chi connectivity index (χ4n) is 3.73. The molecular formula is C26H31N3O4S. The zero-order valence-corrected chi connectivity index (χ0v) is 20.7. The zero-order valence-electron chi connectivity index (χ0n) is 19.9. The molecule has 0 aliphatic rings. The molecule has 1 heterocycles. The van der Waals surface area contributed by atoms with Crippen molar-refractivity contribution in [1.29, 1.82) is 5.26 Å². The standard InChI is InChI=1S/C26H31N3O4S/c1-4-13-29(14-5-2)23-9-8-20-16-22(7-6-21(20)17-23)26-11-10-24(33-26)18-25(19-27)34(30,31)28-12-15-32-3/h6-11,16-18,28H,4-5,12-15H2,1-3H3/b25-18+. The third-order valence-corrected chi connectivity index (χ3v) is 6.73. The third kappa shape index (κ3) is 6.26. The molecule has 0 saturated carbocycles. The van der Waals surface area contributed by atoms with Crippen LogP contribution >= 0.6 is 0 Å². The van der Waals surface area contributed by atoms with Gasteiger partial charge in [-0.1, -0.05) is 32.0 Å². The van der Waals surface area contributed by atoms with Gasteiger partial charge >= 0.3 is 0 Å². The molecule has 0 aliphatic carbocycles. The van der Waals surface area contributed by atoms with Gasteiger partial charge in [-0.3, -0.25) is 0 Å². The maximum atomic E-state index is 12.3. The second-order valence-corrected chi connectivity index (χ2v) is 9.68. The number of nitrogens with zero attached hydrogens (tertiary/aromatic N) is 2. The maximum absolute atomic E-state index is 12.3. The van der Waals surface area contributed by atoms with Crippen molar-refractivity contribution < 1.29 is 17.6 Å². The van der Waals surface area contributed by atoms with Gasteiger partial charge < -0.3 is 14.1 Å². The van der Waals surface area contributed by atoms with Crippen LogP contribution in [0.1, 0.15) is 32.4 Å². The Morgan fingerprint density at radius 1 is 1.09 bits per heavy atom. The molecule has 3 aromatic rings. The lowest BCUT2D eigenvalue weighted by Gasteiger charge is -2.24. The van der Waals surface area contributed by atoms with Gasteiger partial charge in [-0.15, -0.1) is 0 Å². The Balaban J connectivity index is 1.84. The minimum absolute atomic E-state index is 0.0781. The summed E-state index contributed by atoms with van der Waals surface area (Å²) < 4.78 is 37.7. The first-order chi connectivity index (χ1) is 16.4. The van der Waals surface area contributed by atoms with E-state index in [2.05, 4.69) is 47.7 Å². The SMILES string of the molecule is CCCN(CCC)c1ccc2cc(-c3ccc(/C=C(\C#N)S(=O)(=O)NCCOC)o3)ccc2c1. The number of fused-ring (bicyclic) bond motifs is 1. The molecule has 2 aromatic carbocycles. The highest BCUT2D eigenvalue weighted by Crippen LogP contribution is 2.29. The summed E-state index contributed by atoms with van der Waals surface area (Å²) in [6, 6.07) is 17.7. The zero-order chi connectivity index (χ0) is 24.6. The van der Waals surface area contributed by atoms with Crippen LogP contribution in [0.5, 0.6) is 0 Å². The van der Waals surface area contributed by atoms with E-state index in [1.807, 2.05) is 12.1 Å². The fourth-order valence-corrected chi connectivity index (χ4v) is 4.63. The van der Waals surface area contributed by atoms with Gasteiger partial charge in [-0.05, 0) is 53.9 Å². The van der Waals surface area contributed by atoms with Crippen molar-refractivity contribution in [3.8, 4) is 17.4 Å². The van der Waals surface area contributed by atoms with E-state index in [0.717, 1.165) is 42.3 Å². The Labute approximate surface area is 201 Å². The molecule has 0 atom stereocenters. The average molecular weight is 482 g/mol. The van der Waals surface area contributed by atoms with Crippen molar-refractivity contribution in [2.24, 2.45) is 0 Å². The summed E-state index contributed by atoms with van der Waals surface area (Å²) >= 11 is 0. The van der Waals surface area contributed by atoms with Crippen molar-refractivity contribution in [2.75, 3.05) is 38.3 Å². The number of rotatable bonds is 12. The number of anilines is 1. The van der Waals surface area contributed by atoms with E-state index in [1.165, 1.54) is 18.9 Å². The Hall–Kier alpha value is -3.12. The monoisotopic (exact) mass is 481 g/mol. The summed E-state index contributed by atoms with van der Waals surface area (Å²) in [7, 11) is -2.47. The van der Waals surface area contributed by atoms with Crippen molar-refractivity contribution in [3.63, 3.8) is 0 Å². The number of sulfonamides is 1. The van der Waals surface area contributed by atoms with Gasteiger partial charge in [0.15, 0.2) is 4.91 Å². The van der Waals surface area contributed by atoms with Gasteiger partial charge in [0.25, 0.3) is 10.0 Å². The smallest absolute Gasteiger partial charge is 0.250 e. The molecule has 0 unspecified atom stereocenters. The molecule has 1 aromatic heterocycles. The Kier molecular flexibility index (Phi) is 8.88. The average Bonchev–Trinajstić information content (AvgIpc) is 3.30. The molecule has 0 spiro atoms. The van der Waals surface area contributed by atoms with E-state index in [1.54, 1.807) is 18.2 Å². The van der Waals surface area contributed by atoms with Crippen LogP contribution in [0.15, 0.2) is 57.9 Å². The first-order valence-electron chi connectivity index (χ1n) is 11.4. The molecule has 0 saturated heterocycles. The first kappa shape index (κ1) is 25.5. The normalized spacial score (nSPS) is 12.1. The van der Waals surface area contributed by atoms with Gasteiger partial charge in [0.05, 0.1) is 6.61 Å². The second-order valence-electron chi connectivity index (χ2n) is 7.95. The number of allylic oxidation sites excluding steroid dienone is 1. The minimum Gasteiger partial charge on any atom is -0.457 e. The molecule has 0 aliphatic heterocycles. The second kappa shape index (κ2) is 11.8. The summed E-state index contributed by atoms with van der Waals surface area (Å²) in [6.07, 6.45) is 3.43. The van der Waals surface area contributed by atoms with Crippen LogP contribution < -0.4 is 9.62 Å². The molecule has 0 amide bonds. The highest BCUT2D eigenvalue weighted by Gasteiger charge is 2.18. The highest BCUT2D eigenvalue weighted by molar-refractivity contribution is 7.93. The number of nitrogens with one attached hydrogen (secondary N) is 1. The number of methoxy groups -OCH3 is 1. The lowest BCUT2D eigenvalue weighted by atomic mass is 10.0. The van der Waals surface area contributed by atoms with Crippen molar-refractivity contribution in [1.82, 2.24) is 4.72 Å². The minimum atomic E-state index is -3.94. The lowest BCUT2D eigenvalue weighted by Crippen LogP contribution is -2.27. The molecule has 3 rings (SSSR count). The van der Waals surface area contributed by atoms with Crippen molar-refractivity contribution in [3.05, 3.63) is 59.2 Å².